The van der Waals surface area contributed by atoms with Gasteiger partial charge < -0.3 is 14.7 Å². The second kappa shape index (κ2) is 6.65. The van der Waals surface area contributed by atoms with Gasteiger partial charge in [-0.2, -0.15) is 12.6 Å². The van der Waals surface area contributed by atoms with Crippen molar-refractivity contribution in [3.8, 4) is 5.75 Å². The number of carboxylic acid groups (broad SMARTS) is 1. The molecule has 1 heterocycles. The van der Waals surface area contributed by atoms with E-state index in [0.29, 0.717) is 24.5 Å². The van der Waals surface area contributed by atoms with E-state index in [2.05, 4.69) is 12.6 Å². The fourth-order valence-corrected chi connectivity index (χ4v) is 2.51. The number of benzene rings is 1. The lowest BCUT2D eigenvalue weighted by Gasteiger charge is -2.20. The lowest BCUT2D eigenvalue weighted by Crippen LogP contribution is -2.40. The van der Waals surface area contributed by atoms with Crippen LogP contribution in [0.2, 0.25) is 0 Å². The molecule has 0 spiro atoms. The van der Waals surface area contributed by atoms with Gasteiger partial charge in [0.25, 0.3) is 0 Å². The molecule has 0 saturated carbocycles. The summed E-state index contributed by atoms with van der Waals surface area (Å²) in [6, 6.07) is 8.40. The van der Waals surface area contributed by atoms with Crippen LogP contribution in [0.25, 0.3) is 0 Å². The van der Waals surface area contributed by atoms with Crippen molar-refractivity contribution in [3.05, 3.63) is 30.3 Å². The van der Waals surface area contributed by atoms with Crippen LogP contribution in [-0.4, -0.2) is 46.3 Å². The maximum atomic E-state index is 11.9. The van der Waals surface area contributed by atoms with E-state index >= 15 is 0 Å². The molecule has 5 nitrogen and oxygen atoms in total. The molecule has 1 aromatic rings. The SMILES string of the molecule is O=C(O)[C@@H]1C[C@H](Oc2ccccc2)CN1C(=O)CCS. The van der Waals surface area contributed by atoms with Crippen molar-refractivity contribution >= 4 is 24.5 Å². The number of thiol groups is 1. The maximum Gasteiger partial charge on any atom is 0.326 e. The van der Waals surface area contributed by atoms with Crippen molar-refractivity contribution in [2.24, 2.45) is 0 Å². The van der Waals surface area contributed by atoms with Gasteiger partial charge in [-0.25, -0.2) is 4.79 Å². The zero-order valence-corrected chi connectivity index (χ0v) is 11.8. The second-order valence-electron chi connectivity index (χ2n) is 4.66. The highest BCUT2D eigenvalue weighted by Gasteiger charge is 2.40. The first-order valence-electron chi connectivity index (χ1n) is 6.46. The fraction of sp³-hybridized carbons (Fsp3) is 0.429. The summed E-state index contributed by atoms with van der Waals surface area (Å²) in [5, 5.41) is 9.22. The Hall–Kier alpha value is -1.69. The number of para-hydroxylation sites is 1. The molecule has 0 radical (unpaired) electrons. The Bertz CT molecular complexity index is 479. The molecule has 1 aromatic carbocycles. The van der Waals surface area contributed by atoms with Gasteiger partial charge in [-0.3, -0.25) is 4.79 Å². The van der Waals surface area contributed by atoms with Gasteiger partial charge in [0.05, 0.1) is 6.54 Å². The summed E-state index contributed by atoms with van der Waals surface area (Å²) in [6.07, 6.45) is 0.260. The summed E-state index contributed by atoms with van der Waals surface area (Å²) in [5.74, 6) is -0.0836. The van der Waals surface area contributed by atoms with Crippen molar-refractivity contribution < 1.29 is 19.4 Å². The van der Waals surface area contributed by atoms with Crippen LogP contribution >= 0.6 is 12.6 Å². The fourth-order valence-electron chi connectivity index (χ4n) is 2.32. The van der Waals surface area contributed by atoms with Crippen LogP contribution in [0, 0.1) is 0 Å². The number of aliphatic carboxylic acids is 1. The third-order valence-electron chi connectivity index (χ3n) is 3.24. The normalized spacial score (nSPS) is 21.8. The van der Waals surface area contributed by atoms with E-state index in [9.17, 15) is 14.7 Å². The maximum absolute atomic E-state index is 11.9. The predicted octanol–water partition coefficient (Wildman–Crippen LogP) is 1.44. The molecule has 1 N–H and O–H groups in total. The average molecular weight is 295 g/mol. The molecule has 0 aliphatic carbocycles. The zero-order chi connectivity index (χ0) is 14.5. The summed E-state index contributed by atoms with van der Waals surface area (Å²) in [5.41, 5.74) is 0. The summed E-state index contributed by atoms with van der Waals surface area (Å²) in [6.45, 7) is 0.304. The van der Waals surface area contributed by atoms with Crippen molar-refractivity contribution in [2.45, 2.75) is 25.0 Å². The first-order valence-corrected chi connectivity index (χ1v) is 7.10. The van der Waals surface area contributed by atoms with E-state index in [1.807, 2.05) is 30.3 Å². The van der Waals surface area contributed by atoms with E-state index in [-0.39, 0.29) is 18.4 Å². The van der Waals surface area contributed by atoms with Gasteiger partial charge in [0.1, 0.15) is 17.9 Å². The van der Waals surface area contributed by atoms with Crippen molar-refractivity contribution in [1.29, 1.82) is 0 Å². The number of carbonyl (C=O) groups is 2. The minimum atomic E-state index is -0.989. The third-order valence-corrected chi connectivity index (χ3v) is 3.46. The number of hydrogen-bond donors (Lipinski definition) is 2. The molecular formula is C14H17NO4S. The molecule has 1 saturated heterocycles. The number of likely N-dealkylation sites (tertiary alicyclic amines) is 1. The van der Waals surface area contributed by atoms with Crippen molar-refractivity contribution in [3.63, 3.8) is 0 Å². The molecule has 0 aromatic heterocycles. The molecule has 1 amide bonds. The number of amides is 1. The van der Waals surface area contributed by atoms with E-state index in [1.165, 1.54) is 4.90 Å². The summed E-state index contributed by atoms with van der Waals surface area (Å²) >= 11 is 4.01. The number of hydrogen-bond acceptors (Lipinski definition) is 4. The summed E-state index contributed by atoms with van der Waals surface area (Å²) in [7, 11) is 0. The molecule has 2 rings (SSSR count). The van der Waals surface area contributed by atoms with Crippen LogP contribution in [0.4, 0.5) is 0 Å². The summed E-state index contributed by atoms with van der Waals surface area (Å²) < 4.78 is 5.74. The molecule has 1 aliphatic heterocycles. The van der Waals surface area contributed by atoms with Crippen LogP contribution in [-0.2, 0) is 9.59 Å². The van der Waals surface area contributed by atoms with Gasteiger partial charge in [-0.05, 0) is 17.9 Å². The number of carboxylic acids is 1. The lowest BCUT2D eigenvalue weighted by molar-refractivity contribution is -0.148. The van der Waals surface area contributed by atoms with Gasteiger partial charge in [-0.1, -0.05) is 18.2 Å². The summed E-state index contributed by atoms with van der Waals surface area (Å²) in [4.78, 5) is 24.5. The highest BCUT2D eigenvalue weighted by atomic mass is 32.1. The van der Waals surface area contributed by atoms with Crippen molar-refractivity contribution in [2.75, 3.05) is 12.3 Å². The number of ether oxygens (including phenoxy) is 1. The van der Waals surface area contributed by atoms with Crippen LogP contribution in [0.3, 0.4) is 0 Å². The lowest BCUT2D eigenvalue weighted by atomic mass is 10.2. The number of carbonyl (C=O) groups excluding carboxylic acids is 1. The van der Waals surface area contributed by atoms with Crippen LogP contribution in [0.1, 0.15) is 12.8 Å². The van der Waals surface area contributed by atoms with E-state index in [4.69, 9.17) is 4.74 Å². The van der Waals surface area contributed by atoms with Gasteiger partial charge in [0, 0.05) is 12.8 Å². The molecule has 108 valence electrons. The standard InChI is InChI=1S/C14H17NO4S/c16-13(6-7-20)15-9-11(8-12(15)14(17)18)19-10-4-2-1-3-5-10/h1-5,11-12,20H,6-9H2,(H,17,18)/t11-,12-/m0/s1. The third kappa shape index (κ3) is 3.45. The van der Waals surface area contributed by atoms with Crippen LogP contribution in [0.15, 0.2) is 30.3 Å². The Morgan fingerprint density at radius 3 is 2.65 bits per heavy atom. The topological polar surface area (TPSA) is 66.8 Å². The largest absolute Gasteiger partial charge is 0.488 e. The zero-order valence-electron chi connectivity index (χ0n) is 10.9. The Labute approximate surface area is 122 Å². The molecule has 0 bridgehead atoms. The number of nitrogens with zero attached hydrogens (tertiary/aromatic N) is 1. The predicted molar refractivity (Wildman–Crippen MR) is 77.1 cm³/mol. The van der Waals surface area contributed by atoms with E-state index in [1.54, 1.807) is 0 Å². The first-order chi connectivity index (χ1) is 9.61. The molecular weight excluding hydrogens is 278 g/mol. The van der Waals surface area contributed by atoms with Gasteiger partial charge in [0.2, 0.25) is 5.91 Å². The van der Waals surface area contributed by atoms with Crippen LogP contribution in [0.5, 0.6) is 5.75 Å². The molecule has 0 unspecified atom stereocenters. The van der Waals surface area contributed by atoms with Crippen LogP contribution < -0.4 is 4.74 Å². The quantitative estimate of drug-likeness (QED) is 0.807. The molecule has 2 atom stereocenters. The average Bonchev–Trinajstić information content (AvgIpc) is 2.84. The monoisotopic (exact) mass is 295 g/mol. The Morgan fingerprint density at radius 1 is 1.35 bits per heavy atom. The smallest absolute Gasteiger partial charge is 0.326 e. The molecule has 20 heavy (non-hydrogen) atoms. The minimum absolute atomic E-state index is 0.188. The Morgan fingerprint density at radius 2 is 2.05 bits per heavy atom. The molecule has 1 fully saturated rings. The van der Waals surface area contributed by atoms with Gasteiger partial charge in [-0.15, -0.1) is 0 Å². The minimum Gasteiger partial charge on any atom is -0.488 e. The highest BCUT2D eigenvalue weighted by Crippen LogP contribution is 2.24. The molecule has 6 heteroatoms. The van der Waals surface area contributed by atoms with E-state index in [0.717, 1.165) is 0 Å². The van der Waals surface area contributed by atoms with Gasteiger partial charge >= 0.3 is 5.97 Å². The van der Waals surface area contributed by atoms with Gasteiger partial charge in [0.15, 0.2) is 0 Å². The van der Waals surface area contributed by atoms with Crippen molar-refractivity contribution in [1.82, 2.24) is 4.90 Å². The number of rotatable bonds is 5. The molecule has 1 aliphatic rings. The Kier molecular flexibility index (Phi) is 4.89. The van der Waals surface area contributed by atoms with E-state index < -0.39 is 12.0 Å². The Balaban J connectivity index is 2.04. The highest BCUT2D eigenvalue weighted by molar-refractivity contribution is 7.80. The first kappa shape index (κ1) is 14.7. The second-order valence-corrected chi connectivity index (χ2v) is 5.11.